The fraction of sp³-hybridized carbons (Fsp3) is 0.333. The third-order valence-corrected chi connectivity index (χ3v) is 4.28. The van der Waals surface area contributed by atoms with Crippen molar-refractivity contribution in [2.45, 2.75) is 33.3 Å². The molecule has 2 aromatic rings. The molecule has 0 radical (unpaired) electrons. The molecule has 2 nitrogen and oxygen atoms in total. The Bertz CT molecular complexity index is 627. The highest BCUT2D eigenvalue weighted by Gasteiger charge is 2.16. The van der Waals surface area contributed by atoms with Gasteiger partial charge in [-0.25, -0.2) is 0 Å². The van der Waals surface area contributed by atoms with Gasteiger partial charge in [-0.2, -0.15) is 0 Å². The number of aliphatic hydroxyl groups excluding tert-OH is 1. The van der Waals surface area contributed by atoms with Crippen molar-refractivity contribution in [3.05, 3.63) is 62.6 Å². The summed E-state index contributed by atoms with van der Waals surface area (Å²) in [6.07, 6.45) is 0.00246. The highest BCUT2D eigenvalue weighted by atomic mass is 79.9. The molecule has 0 aliphatic rings. The Morgan fingerprint density at radius 2 is 1.71 bits per heavy atom. The molecule has 0 saturated carbocycles. The van der Waals surface area contributed by atoms with Crippen molar-refractivity contribution in [3.63, 3.8) is 0 Å². The molecule has 0 spiro atoms. The second-order valence-corrected chi connectivity index (χ2v) is 6.40. The van der Waals surface area contributed by atoms with Crippen molar-refractivity contribution in [2.75, 3.05) is 7.11 Å². The maximum atomic E-state index is 10.6. The summed E-state index contributed by atoms with van der Waals surface area (Å²) in [5, 5.41) is 10.6. The molecule has 0 saturated heterocycles. The van der Waals surface area contributed by atoms with E-state index in [9.17, 15) is 5.11 Å². The van der Waals surface area contributed by atoms with E-state index in [0.29, 0.717) is 12.2 Å². The average molecular weight is 349 g/mol. The Labute approximate surface area is 134 Å². The van der Waals surface area contributed by atoms with Gasteiger partial charge in [0.05, 0.1) is 13.2 Å². The van der Waals surface area contributed by atoms with Crippen LogP contribution in [0.4, 0.5) is 0 Å². The number of aliphatic hydroxyl groups is 1. The van der Waals surface area contributed by atoms with E-state index in [1.807, 2.05) is 18.2 Å². The summed E-state index contributed by atoms with van der Waals surface area (Å²) in [6.45, 7) is 6.29. The minimum atomic E-state index is -0.586. The Morgan fingerprint density at radius 1 is 1.10 bits per heavy atom. The molecular weight excluding hydrogens is 328 g/mol. The predicted molar refractivity (Wildman–Crippen MR) is 90.0 cm³/mol. The molecule has 1 unspecified atom stereocenters. The first-order valence-corrected chi connectivity index (χ1v) is 7.80. The first-order chi connectivity index (χ1) is 9.92. The first-order valence-electron chi connectivity index (χ1n) is 7.00. The number of benzene rings is 2. The van der Waals surface area contributed by atoms with Crippen LogP contribution < -0.4 is 4.74 Å². The van der Waals surface area contributed by atoms with Crippen LogP contribution in [0.2, 0.25) is 0 Å². The number of methoxy groups -OCH3 is 1. The van der Waals surface area contributed by atoms with E-state index in [1.54, 1.807) is 7.11 Å². The zero-order valence-electron chi connectivity index (χ0n) is 12.9. The second-order valence-electron chi connectivity index (χ2n) is 5.48. The van der Waals surface area contributed by atoms with E-state index in [2.05, 4.69) is 48.8 Å². The van der Waals surface area contributed by atoms with E-state index in [1.165, 1.54) is 22.3 Å². The number of hydrogen-bond donors (Lipinski definition) is 1. The minimum absolute atomic E-state index is 0.586. The lowest BCUT2D eigenvalue weighted by atomic mass is 9.93. The molecule has 21 heavy (non-hydrogen) atoms. The van der Waals surface area contributed by atoms with Crippen LogP contribution in [0.5, 0.6) is 5.75 Å². The fourth-order valence-electron chi connectivity index (χ4n) is 2.80. The van der Waals surface area contributed by atoms with Crippen LogP contribution in [0, 0.1) is 20.8 Å². The van der Waals surface area contributed by atoms with E-state index >= 15 is 0 Å². The van der Waals surface area contributed by atoms with Gasteiger partial charge in [-0.15, -0.1) is 0 Å². The maximum Gasteiger partial charge on any atom is 0.124 e. The fourth-order valence-corrected chi connectivity index (χ4v) is 3.18. The highest BCUT2D eigenvalue weighted by molar-refractivity contribution is 9.10. The second kappa shape index (κ2) is 6.63. The van der Waals surface area contributed by atoms with Gasteiger partial charge in [-0.1, -0.05) is 33.6 Å². The monoisotopic (exact) mass is 348 g/mol. The van der Waals surface area contributed by atoms with Gasteiger partial charge in [0, 0.05) is 16.5 Å². The zero-order chi connectivity index (χ0) is 15.6. The van der Waals surface area contributed by atoms with Gasteiger partial charge in [0.1, 0.15) is 5.75 Å². The van der Waals surface area contributed by atoms with Crippen LogP contribution in [-0.2, 0) is 6.42 Å². The summed E-state index contributed by atoms with van der Waals surface area (Å²) in [5.41, 5.74) is 5.71. The van der Waals surface area contributed by atoms with Gasteiger partial charge in [0.2, 0.25) is 0 Å². The third-order valence-electron chi connectivity index (χ3n) is 3.79. The van der Waals surface area contributed by atoms with Gasteiger partial charge < -0.3 is 9.84 Å². The largest absolute Gasteiger partial charge is 0.496 e. The normalized spacial score (nSPS) is 12.3. The Morgan fingerprint density at radius 3 is 2.29 bits per heavy atom. The summed E-state index contributed by atoms with van der Waals surface area (Å²) in [5.74, 6) is 0.716. The Balaban J connectivity index is 2.34. The standard InChI is InChI=1S/C18H21BrO2/c1-11-7-12(2)15(13(3)8-11)10-17(20)16-9-14(19)5-6-18(16)21-4/h5-9,17,20H,10H2,1-4H3. The summed E-state index contributed by atoms with van der Waals surface area (Å²) in [4.78, 5) is 0. The van der Waals surface area contributed by atoms with Crippen LogP contribution in [0.25, 0.3) is 0 Å². The average Bonchev–Trinajstić information content (AvgIpc) is 2.42. The first kappa shape index (κ1) is 16.1. The van der Waals surface area contributed by atoms with Crippen molar-refractivity contribution in [2.24, 2.45) is 0 Å². The summed E-state index contributed by atoms with van der Waals surface area (Å²) < 4.78 is 6.30. The van der Waals surface area contributed by atoms with E-state index in [-0.39, 0.29) is 0 Å². The molecule has 0 bridgehead atoms. The Kier molecular flexibility index (Phi) is 5.07. The molecular formula is C18H21BrO2. The molecule has 2 aromatic carbocycles. The number of halogens is 1. The molecule has 1 atom stereocenters. The lowest BCUT2D eigenvalue weighted by Gasteiger charge is -2.18. The SMILES string of the molecule is COc1ccc(Br)cc1C(O)Cc1c(C)cc(C)cc1C. The molecule has 2 rings (SSSR count). The molecule has 1 N–H and O–H groups in total. The van der Waals surface area contributed by atoms with Gasteiger partial charge >= 0.3 is 0 Å². The highest BCUT2D eigenvalue weighted by Crippen LogP contribution is 2.32. The van der Waals surface area contributed by atoms with Crippen molar-refractivity contribution < 1.29 is 9.84 Å². The van der Waals surface area contributed by atoms with Crippen LogP contribution in [0.15, 0.2) is 34.8 Å². The maximum absolute atomic E-state index is 10.6. The summed E-state index contributed by atoms with van der Waals surface area (Å²) in [6, 6.07) is 10.0. The van der Waals surface area contributed by atoms with Gasteiger partial charge in [-0.3, -0.25) is 0 Å². The quantitative estimate of drug-likeness (QED) is 0.870. The van der Waals surface area contributed by atoms with Gasteiger partial charge in [0.25, 0.3) is 0 Å². The van der Waals surface area contributed by atoms with Crippen LogP contribution in [-0.4, -0.2) is 12.2 Å². The zero-order valence-corrected chi connectivity index (χ0v) is 14.5. The lowest BCUT2D eigenvalue weighted by Crippen LogP contribution is -2.07. The number of hydrogen-bond acceptors (Lipinski definition) is 2. The van der Waals surface area contributed by atoms with E-state index in [4.69, 9.17) is 4.74 Å². The smallest absolute Gasteiger partial charge is 0.124 e. The van der Waals surface area contributed by atoms with Crippen molar-refractivity contribution in [3.8, 4) is 5.75 Å². The summed E-state index contributed by atoms with van der Waals surface area (Å²) >= 11 is 3.45. The number of ether oxygens (including phenoxy) is 1. The van der Waals surface area contributed by atoms with Gasteiger partial charge in [0.15, 0.2) is 0 Å². The molecule has 0 aliphatic heterocycles. The number of aryl methyl sites for hydroxylation is 3. The van der Waals surface area contributed by atoms with E-state index < -0.39 is 6.10 Å². The van der Waals surface area contributed by atoms with Crippen molar-refractivity contribution >= 4 is 15.9 Å². The molecule has 3 heteroatoms. The molecule has 112 valence electrons. The Hall–Kier alpha value is -1.32. The summed E-state index contributed by atoms with van der Waals surface area (Å²) in [7, 11) is 1.63. The minimum Gasteiger partial charge on any atom is -0.496 e. The number of rotatable bonds is 4. The van der Waals surface area contributed by atoms with Gasteiger partial charge in [-0.05, 0) is 55.7 Å². The van der Waals surface area contributed by atoms with E-state index in [0.717, 1.165) is 10.0 Å². The molecule has 0 aliphatic carbocycles. The van der Waals surface area contributed by atoms with Crippen LogP contribution in [0.1, 0.15) is 33.9 Å². The third kappa shape index (κ3) is 3.66. The lowest BCUT2D eigenvalue weighted by molar-refractivity contribution is 0.173. The van der Waals surface area contributed by atoms with Crippen LogP contribution >= 0.6 is 15.9 Å². The van der Waals surface area contributed by atoms with Crippen LogP contribution in [0.3, 0.4) is 0 Å². The predicted octanol–water partition coefficient (Wildman–Crippen LogP) is 4.66. The van der Waals surface area contributed by atoms with Crippen molar-refractivity contribution in [1.82, 2.24) is 0 Å². The van der Waals surface area contributed by atoms with Crippen molar-refractivity contribution in [1.29, 1.82) is 0 Å². The molecule has 0 heterocycles. The molecule has 0 amide bonds. The molecule has 0 fully saturated rings. The topological polar surface area (TPSA) is 29.5 Å². The molecule has 0 aromatic heterocycles.